The Morgan fingerprint density at radius 1 is 0.943 bits per heavy atom. The lowest BCUT2D eigenvalue weighted by Gasteiger charge is -2.27. The molecule has 0 saturated heterocycles. The molecule has 0 aliphatic carbocycles. The number of carbonyl (C=O) groups is 1. The second kappa shape index (κ2) is 10.0. The average molecular weight is 476 g/mol. The highest BCUT2D eigenvalue weighted by Crippen LogP contribution is 2.28. The molecular weight excluding hydrogens is 445 g/mol. The lowest BCUT2D eigenvalue weighted by molar-refractivity contribution is 0.102. The third-order valence-electron chi connectivity index (χ3n) is 6.52. The molecule has 2 aromatic carbocycles. The van der Waals surface area contributed by atoms with Crippen LogP contribution in [0.2, 0.25) is 0 Å². The van der Waals surface area contributed by atoms with E-state index in [9.17, 15) is 9.18 Å². The smallest absolute Gasteiger partial charge is 0.255 e. The number of amides is 1. The van der Waals surface area contributed by atoms with Gasteiger partial charge in [0.25, 0.3) is 5.91 Å². The van der Waals surface area contributed by atoms with Crippen LogP contribution in [-0.2, 0) is 0 Å². The first-order valence-corrected chi connectivity index (χ1v) is 11.5. The highest BCUT2D eigenvalue weighted by atomic mass is 19.1. The molecule has 182 valence electrons. The number of benzene rings is 2. The summed E-state index contributed by atoms with van der Waals surface area (Å²) in [5.74, 6) is -0.739. The van der Waals surface area contributed by atoms with Gasteiger partial charge in [0.15, 0.2) is 11.9 Å². The van der Waals surface area contributed by atoms with E-state index in [0.29, 0.717) is 43.9 Å². The number of nitrogens with two attached hydrogens (primary N) is 2. The van der Waals surface area contributed by atoms with E-state index in [0.717, 1.165) is 23.1 Å². The Labute approximate surface area is 204 Å². The molecule has 4 rings (SSSR count). The average Bonchev–Trinajstić information content (AvgIpc) is 2.85. The van der Waals surface area contributed by atoms with Crippen molar-refractivity contribution in [2.24, 2.45) is 11.5 Å². The Morgan fingerprint density at radius 3 is 2.09 bits per heavy atom. The van der Waals surface area contributed by atoms with Crippen molar-refractivity contribution in [1.29, 1.82) is 10.8 Å². The summed E-state index contributed by atoms with van der Waals surface area (Å²) in [5.41, 5.74) is 16.5. The number of nitrogens with one attached hydrogen (secondary N) is 3. The molecule has 0 bridgehead atoms. The molecule has 0 radical (unpaired) electrons. The maximum atomic E-state index is 14.9. The first-order chi connectivity index (χ1) is 16.7. The SMILES string of the molecule is Cc1cc(C2=CCN(C(=N)N)CC2)ccc1NC(=O)c1ccc(C2=CCN(C(=N)N)CC2)c(F)c1. The van der Waals surface area contributed by atoms with E-state index in [1.54, 1.807) is 21.9 Å². The molecule has 2 aromatic rings. The van der Waals surface area contributed by atoms with Crippen molar-refractivity contribution in [3.8, 4) is 0 Å². The molecule has 9 heteroatoms. The number of aryl methyl sites for hydroxylation is 1. The Hall–Kier alpha value is -4.14. The highest BCUT2D eigenvalue weighted by Gasteiger charge is 2.18. The highest BCUT2D eigenvalue weighted by molar-refractivity contribution is 6.05. The third kappa shape index (κ3) is 5.34. The molecule has 8 nitrogen and oxygen atoms in total. The number of carbonyl (C=O) groups excluding carboxylic acids is 1. The van der Waals surface area contributed by atoms with Crippen LogP contribution in [0.5, 0.6) is 0 Å². The Balaban J connectivity index is 1.44. The van der Waals surface area contributed by atoms with Gasteiger partial charge in [0.05, 0.1) is 0 Å². The molecule has 0 atom stereocenters. The summed E-state index contributed by atoms with van der Waals surface area (Å²) in [6.07, 6.45) is 5.31. The van der Waals surface area contributed by atoms with Crippen LogP contribution >= 0.6 is 0 Å². The normalized spacial score (nSPS) is 15.8. The number of halogens is 1. The number of hydrogen-bond acceptors (Lipinski definition) is 3. The monoisotopic (exact) mass is 475 g/mol. The molecule has 7 N–H and O–H groups in total. The number of guanidine groups is 2. The van der Waals surface area contributed by atoms with Gasteiger partial charge < -0.3 is 26.6 Å². The number of hydrogen-bond donors (Lipinski definition) is 5. The van der Waals surface area contributed by atoms with Crippen molar-refractivity contribution in [1.82, 2.24) is 9.80 Å². The van der Waals surface area contributed by atoms with E-state index < -0.39 is 5.82 Å². The van der Waals surface area contributed by atoms with Gasteiger partial charge >= 0.3 is 0 Å². The molecule has 0 fully saturated rings. The van der Waals surface area contributed by atoms with E-state index in [-0.39, 0.29) is 23.4 Å². The Kier molecular flexibility index (Phi) is 6.86. The molecule has 2 aliphatic rings. The van der Waals surface area contributed by atoms with Gasteiger partial charge in [-0.15, -0.1) is 0 Å². The minimum atomic E-state index is -0.448. The van der Waals surface area contributed by atoms with Gasteiger partial charge in [-0.2, -0.15) is 0 Å². The summed E-state index contributed by atoms with van der Waals surface area (Å²) in [7, 11) is 0. The standard InChI is InChI=1S/C26H30FN7O/c1-16-14-19(17-6-10-33(11-7-17)25(28)29)3-5-23(16)32-24(35)20-2-4-21(22(27)15-20)18-8-12-34(13-9-18)26(30)31/h2-6,8,14-15H,7,9-13H2,1H3,(H3,28,29)(H3,30,31)(H,32,35). The summed E-state index contributed by atoms with van der Waals surface area (Å²) in [6, 6.07) is 10.4. The van der Waals surface area contributed by atoms with E-state index in [2.05, 4.69) is 11.4 Å². The lowest BCUT2D eigenvalue weighted by atomic mass is 9.97. The van der Waals surface area contributed by atoms with Gasteiger partial charge in [0.1, 0.15) is 5.82 Å². The van der Waals surface area contributed by atoms with Crippen LogP contribution in [0.25, 0.3) is 11.1 Å². The van der Waals surface area contributed by atoms with E-state index in [1.807, 2.05) is 31.2 Å². The number of anilines is 1. The molecule has 0 unspecified atom stereocenters. The summed E-state index contributed by atoms with van der Waals surface area (Å²) in [4.78, 5) is 16.3. The fourth-order valence-corrected chi connectivity index (χ4v) is 4.40. The summed E-state index contributed by atoms with van der Waals surface area (Å²) >= 11 is 0. The summed E-state index contributed by atoms with van der Waals surface area (Å²) in [6.45, 7) is 4.26. The largest absolute Gasteiger partial charge is 0.370 e. The van der Waals surface area contributed by atoms with Crippen LogP contribution < -0.4 is 16.8 Å². The number of rotatable bonds is 4. The molecule has 0 saturated carbocycles. The predicted octanol–water partition coefficient (Wildman–Crippen LogP) is 3.35. The van der Waals surface area contributed by atoms with E-state index in [4.69, 9.17) is 22.3 Å². The zero-order chi connectivity index (χ0) is 25.1. The second-order valence-electron chi connectivity index (χ2n) is 8.80. The topological polar surface area (TPSA) is 135 Å². The van der Waals surface area contributed by atoms with Crippen molar-refractivity contribution < 1.29 is 9.18 Å². The van der Waals surface area contributed by atoms with Gasteiger partial charge in [0, 0.05) is 43.0 Å². The predicted molar refractivity (Wildman–Crippen MR) is 138 cm³/mol. The van der Waals surface area contributed by atoms with Gasteiger partial charge in [-0.25, -0.2) is 4.39 Å². The number of nitrogens with zero attached hydrogens (tertiary/aromatic N) is 2. The van der Waals surface area contributed by atoms with Gasteiger partial charge in [0.2, 0.25) is 0 Å². The fourth-order valence-electron chi connectivity index (χ4n) is 4.40. The van der Waals surface area contributed by atoms with Crippen molar-refractivity contribution in [2.45, 2.75) is 19.8 Å². The zero-order valence-electron chi connectivity index (χ0n) is 19.7. The lowest BCUT2D eigenvalue weighted by Crippen LogP contribution is -2.39. The first-order valence-electron chi connectivity index (χ1n) is 11.5. The van der Waals surface area contributed by atoms with Crippen molar-refractivity contribution in [2.75, 3.05) is 31.5 Å². The van der Waals surface area contributed by atoms with Crippen LogP contribution in [0.15, 0.2) is 48.6 Å². The Bertz CT molecular complexity index is 1250. The molecule has 0 spiro atoms. The maximum absolute atomic E-state index is 14.9. The third-order valence-corrected chi connectivity index (χ3v) is 6.52. The zero-order valence-corrected chi connectivity index (χ0v) is 19.7. The maximum Gasteiger partial charge on any atom is 0.255 e. The molecule has 2 heterocycles. The second-order valence-corrected chi connectivity index (χ2v) is 8.80. The van der Waals surface area contributed by atoms with Crippen LogP contribution in [0, 0.1) is 23.6 Å². The minimum absolute atomic E-state index is 0.00575. The molecule has 35 heavy (non-hydrogen) atoms. The van der Waals surface area contributed by atoms with Crippen LogP contribution in [0.3, 0.4) is 0 Å². The van der Waals surface area contributed by atoms with Crippen LogP contribution in [-0.4, -0.2) is 53.8 Å². The fraction of sp³-hybridized carbons (Fsp3) is 0.269. The van der Waals surface area contributed by atoms with Gasteiger partial charge in [-0.3, -0.25) is 15.6 Å². The molecular formula is C26H30FN7O. The molecule has 2 aliphatic heterocycles. The quantitative estimate of drug-likeness (QED) is 0.341. The molecule has 0 aromatic heterocycles. The van der Waals surface area contributed by atoms with E-state index >= 15 is 0 Å². The first kappa shape index (κ1) is 24.0. The Morgan fingerprint density at radius 2 is 1.57 bits per heavy atom. The van der Waals surface area contributed by atoms with E-state index in [1.165, 1.54) is 11.6 Å². The van der Waals surface area contributed by atoms with Crippen LogP contribution in [0.4, 0.5) is 10.1 Å². The summed E-state index contributed by atoms with van der Waals surface area (Å²) < 4.78 is 14.9. The van der Waals surface area contributed by atoms with Crippen molar-refractivity contribution in [3.05, 3.63) is 76.6 Å². The van der Waals surface area contributed by atoms with Crippen LogP contribution in [0.1, 0.15) is 39.9 Å². The van der Waals surface area contributed by atoms with Crippen molar-refractivity contribution in [3.63, 3.8) is 0 Å². The summed E-state index contributed by atoms with van der Waals surface area (Å²) in [5, 5.41) is 17.9. The van der Waals surface area contributed by atoms with Crippen molar-refractivity contribution >= 4 is 34.7 Å². The molecule has 1 amide bonds. The van der Waals surface area contributed by atoms with Gasteiger partial charge in [-0.1, -0.05) is 24.3 Å². The van der Waals surface area contributed by atoms with Gasteiger partial charge in [-0.05, 0) is 66.3 Å². The minimum Gasteiger partial charge on any atom is -0.370 e.